The zero-order chi connectivity index (χ0) is 11.8. The summed E-state index contributed by atoms with van der Waals surface area (Å²) in [6.45, 7) is 6.72. The van der Waals surface area contributed by atoms with Gasteiger partial charge in [0.1, 0.15) is 5.75 Å². The summed E-state index contributed by atoms with van der Waals surface area (Å²) in [6, 6.07) is 5.95. The first-order chi connectivity index (χ1) is 7.77. The molecule has 3 heteroatoms. The third-order valence-electron chi connectivity index (χ3n) is 2.33. The van der Waals surface area contributed by atoms with Gasteiger partial charge in [0.25, 0.3) is 0 Å². The number of rotatable bonds is 7. The van der Waals surface area contributed by atoms with E-state index in [-0.39, 0.29) is 0 Å². The minimum atomic E-state index is 0.647. The van der Waals surface area contributed by atoms with E-state index in [1.807, 2.05) is 19.1 Å². The lowest BCUT2D eigenvalue weighted by molar-refractivity contribution is 0.340. The minimum absolute atomic E-state index is 0.647. The highest BCUT2D eigenvalue weighted by Gasteiger charge is 2.01. The summed E-state index contributed by atoms with van der Waals surface area (Å²) < 4.78 is 5.38. The predicted molar refractivity (Wildman–Crippen MR) is 69.2 cm³/mol. The largest absolute Gasteiger partial charge is 0.492 e. The number of hydrogen-bond donors (Lipinski definition) is 1. The smallest absolute Gasteiger partial charge is 0.137 e. The van der Waals surface area contributed by atoms with Crippen LogP contribution in [0.25, 0.3) is 0 Å². The van der Waals surface area contributed by atoms with E-state index >= 15 is 0 Å². The zero-order valence-corrected chi connectivity index (χ0v) is 10.8. The molecule has 0 bridgehead atoms. The first-order valence-electron chi connectivity index (χ1n) is 5.89. The molecule has 0 aliphatic heterocycles. The molecule has 0 radical (unpaired) electrons. The molecule has 90 valence electrons. The molecule has 2 nitrogen and oxygen atoms in total. The monoisotopic (exact) mass is 241 g/mol. The first-order valence-corrected chi connectivity index (χ1v) is 6.27. The highest BCUT2D eigenvalue weighted by atomic mass is 35.5. The lowest BCUT2D eigenvalue weighted by atomic mass is 10.2. The third kappa shape index (κ3) is 4.42. The van der Waals surface area contributed by atoms with Crippen LogP contribution < -0.4 is 10.1 Å². The van der Waals surface area contributed by atoms with Crippen LogP contribution in [-0.4, -0.2) is 13.2 Å². The van der Waals surface area contributed by atoms with Crippen LogP contribution in [0.15, 0.2) is 18.2 Å². The topological polar surface area (TPSA) is 21.3 Å². The molecule has 0 aromatic heterocycles. The fourth-order valence-corrected chi connectivity index (χ4v) is 1.72. The van der Waals surface area contributed by atoms with Gasteiger partial charge in [-0.15, -0.1) is 0 Å². The fraction of sp³-hybridized carbons (Fsp3) is 0.538. The van der Waals surface area contributed by atoms with Crippen molar-refractivity contribution in [3.05, 3.63) is 28.8 Å². The Morgan fingerprint density at radius 1 is 1.31 bits per heavy atom. The van der Waals surface area contributed by atoms with Crippen molar-refractivity contribution in [3.63, 3.8) is 0 Å². The molecule has 0 amide bonds. The second kappa shape index (κ2) is 7.53. The molecule has 0 saturated carbocycles. The van der Waals surface area contributed by atoms with Gasteiger partial charge < -0.3 is 10.1 Å². The normalized spacial score (nSPS) is 10.4. The van der Waals surface area contributed by atoms with E-state index < -0.39 is 0 Å². The summed E-state index contributed by atoms with van der Waals surface area (Å²) in [5, 5.41) is 4.07. The standard InChI is InChI=1S/C13H20ClNO/c1-3-5-8-15-10-11-6-7-13(16-4-2)12(14)9-11/h6-7,9,15H,3-5,8,10H2,1-2H3. The van der Waals surface area contributed by atoms with E-state index in [9.17, 15) is 0 Å². The van der Waals surface area contributed by atoms with Gasteiger partial charge in [0.15, 0.2) is 0 Å². The van der Waals surface area contributed by atoms with Crippen molar-refractivity contribution in [3.8, 4) is 5.75 Å². The number of halogens is 1. The second-order valence-corrected chi connectivity index (χ2v) is 4.14. The van der Waals surface area contributed by atoms with E-state index in [1.54, 1.807) is 0 Å². The molecular weight excluding hydrogens is 222 g/mol. The van der Waals surface area contributed by atoms with Crippen molar-refractivity contribution in [1.82, 2.24) is 5.32 Å². The van der Waals surface area contributed by atoms with E-state index in [0.29, 0.717) is 11.6 Å². The van der Waals surface area contributed by atoms with Crippen LogP contribution in [-0.2, 0) is 6.54 Å². The lowest BCUT2D eigenvalue weighted by Gasteiger charge is -2.08. The number of hydrogen-bond acceptors (Lipinski definition) is 2. The molecule has 0 aliphatic rings. The molecule has 1 N–H and O–H groups in total. The summed E-state index contributed by atoms with van der Waals surface area (Å²) >= 11 is 6.10. The van der Waals surface area contributed by atoms with Crippen LogP contribution in [0, 0.1) is 0 Å². The molecule has 16 heavy (non-hydrogen) atoms. The van der Waals surface area contributed by atoms with Crippen molar-refractivity contribution in [2.45, 2.75) is 33.2 Å². The van der Waals surface area contributed by atoms with E-state index in [2.05, 4.69) is 18.3 Å². The highest BCUT2D eigenvalue weighted by molar-refractivity contribution is 6.32. The number of ether oxygens (including phenoxy) is 1. The lowest BCUT2D eigenvalue weighted by Crippen LogP contribution is -2.14. The Morgan fingerprint density at radius 3 is 2.75 bits per heavy atom. The van der Waals surface area contributed by atoms with E-state index in [1.165, 1.54) is 18.4 Å². The van der Waals surface area contributed by atoms with Crippen LogP contribution in [0.4, 0.5) is 0 Å². The maximum absolute atomic E-state index is 6.10. The molecule has 1 aromatic rings. The SMILES string of the molecule is CCCCNCc1ccc(OCC)c(Cl)c1. The van der Waals surface area contributed by atoms with Gasteiger partial charge in [-0.25, -0.2) is 0 Å². The minimum Gasteiger partial charge on any atom is -0.492 e. The summed E-state index contributed by atoms with van der Waals surface area (Å²) in [6.07, 6.45) is 2.43. The summed E-state index contributed by atoms with van der Waals surface area (Å²) in [4.78, 5) is 0. The fourth-order valence-electron chi connectivity index (χ4n) is 1.46. The van der Waals surface area contributed by atoms with E-state index in [4.69, 9.17) is 16.3 Å². The van der Waals surface area contributed by atoms with Crippen LogP contribution in [0.1, 0.15) is 32.3 Å². The highest BCUT2D eigenvalue weighted by Crippen LogP contribution is 2.25. The van der Waals surface area contributed by atoms with Crippen LogP contribution >= 0.6 is 11.6 Å². The van der Waals surface area contributed by atoms with Crippen LogP contribution in [0.3, 0.4) is 0 Å². The number of nitrogens with one attached hydrogen (secondary N) is 1. The summed E-state index contributed by atoms with van der Waals surface area (Å²) in [5.41, 5.74) is 1.20. The van der Waals surface area contributed by atoms with Gasteiger partial charge in [-0.2, -0.15) is 0 Å². The maximum atomic E-state index is 6.10. The zero-order valence-electron chi connectivity index (χ0n) is 10.1. The second-order valence-electron chi connectivity index (χ2n) is 3.73. The molecular formula is C13H20ClNO. The van der Waals surface area contributed by atoms with Gasteiger partial charge in [-0.05, 0) is 37.6 Å². The average Bonchev–Trinajstić information content (AvgIpc) is 2.28. The first kappa shape index (κ1) is 13.3. The third-order valence-corrected chi connectivity index (χ3v) is 2.63. The molecule has 0 aliphatic carbocycles. The van der Waals surface area contributed by atoms with Crippen molar-refractivity contribution in [1.29, 1.82) is 0 Å². The molecule has 0 fully saturated rings. The Kier molecular flexibility index (Phi) is 6.27. The van der Waals surface area contributed by atoms with Crippen LogP contribution in [0.5, 0.6) is 5.75 Å². The Hall–Kier alpha value is -0.730. The molecule has 0 atom stereocenters. The summed E-state index contributed by atoms with van der Waals surface area (Å²) in [7, 11) is 0. The number of benzene rings is 1. The van der Waals surface area contributed by atoms with Gasteiger partial charge >= 0.3 is 0 Å². The quantitative estimate of drug-likeness (QED) is 0.736. The van der Waals surface area contributed by atoms with Gasteiger partial charge in [0.2, 0.25) is 0 Å². The average molecular weight is 242 g/mol. The van der Waals surface area contributed by atoms with Gasteiger partial charge in [0.05, 0.1) is 11.6 Å². The molecule has 1 aromatic carbocycles. The van der Waals surface area contributed by atoms with Gasteiger partial charge in [-0.3, -0.25) is 0 Å². The molecule has 0 spiro atoms. The summed E-state index contributed by atoms with van der Waals surface area (Å²) in [5.74, 6) is 0.765. The maximum Gasteiger partial charge on any atom is 0.137 e. The van der Waals surface area contributed by atoms with Gasteiger partial charge in [0, 0.05) is 6.54 Å². The molecule has 0 heterocycles. The Morgan fingerprint density at radius 2 is 2.12 bits per heavy atom. The predicted octanol–water partition coefficient (Wildman–Crippen LogP) is 3.63. The van der Waals surface area contributed by atoms with Crippen molar-refractivity contribution >= 4 is 11.6 Å². The Bertz CT molecular complexity index is 315. The molecule has 0 unspecified atom stereocenters. The van der Waals surface area contributed by atoms with Crippen LogP contribution in [0.2, 0.25) is 5.02 Å². The Labute approximate surface area is 103 Å². The molecule has 0 saturated heterocycles. The van der Waals surface area contributed by atoms with Crippen molar-refractivity contribution in [2.24, 2.45) is 0 Å². The molecule has 1 rings (SSSR count). The number of unbranched alkanes of at least 4 members (excludes halogenated alkanes) is 1. The van der Waals surface area contributed by atoms with E-state index in [0.717, 1.165) is 18.8 Å². The Balaban J connectivity index is 2.46. The van der Waals surface area contributed by atoms with Crippen molar-refractivity contribution < 1.29 is 4.74 Å². The van der Waals surface area contributed by atoms with Crippen molar-refractivity contribution in [2.75, 3.05) is 13.2 Å². The van der Waals surface area contributed by atoms with Gasteiger partial charge in [-0.1, -0.05) is 31.0 Å².